The molecule has 9 heteroatoms. The summed E-state index contributed by atoms with van der Waals surface area (Å²) in [5.74, 6) is -0.109. The molecule has 0 saturated carbocycles. The van der Waals surface area contributed by atoms with Gasteiger partial charge in [-0.15, -0.1) is 5.11 Å². The number of nitrogens with zero attached hydrogens (tertiary/aromatic N) is 3. The van der Waals surface area contributed by atoms with Crippen LogP contribution in [0.1, 0.15) is 19.8 Å². The van der Waals surface area contributed by atoms with Gasteiger partial charge >= 0.3 is 0 Å². The molecule has 2 aromatic rings. The molecule has 0 atom stereocenters. The minimum absolute atomic E-state index is 0.109. The van der Waals surface area contributed by atoms with Crippen molar-refractivity contribution >= 4 is 38.8 Å². The van der Waals surface area contributed by atoms with Crippen LogP contribution in [0.15, 0.2) is 57.6 Å². The zero-order chi connectivity index (χ0) is 20.0. The Kier molecular flexibility index (Phi) is 6.65. The van der Waals surface area contributed by atoms with E-state index in [0.29, 0.717) is 23.5 Å². The molecule has 0 fully saturated rings. The van der Waals surface area contributed by atoms with Gasteiger partial charge in [0.05, 0.1) is 16.3 Å². The summed E-state index contributed by atoms with van der Waals surface area (Å²) in [6.45, 7) is 1.92. The maximum absolute atomic E-state index is 12.0. The smallest absolute Gasteiger partial charge is 0.294 e. The molecular weight excluding hydrogens is 368 g/mol. The van der Waals surface area contributed by atoms with Crippen LogP contribution >= 0.6 is 0 Å². The first-order valence-corrected chi connectivity index (χ1v) is 9.75. The van der Waals surface area contributed by atoms with Gasteiger partial charge in [0.1, 0.15) is 5.69 Å². The van der Waals surface area contributed by atoms with E-state index in [1.54, 1.807) is 6.07 Å². The zero-order valence-corrected chi connectivity index (χ0v) is 16.2. The summed E-state index contributed by atoms with van der Waals surface area (Å²) in [6, 6.07) is 10.7. The van der Waals surface area contributed by atoms with Crippen molar-refractivity contribution in [3.8, 4) is 0 Å². The fourth-order valence-electron chi connectivity index (χ4n) is 2.23. The first-order chi connectivity index (χ1) is 12.7. The number of hydrogen-bond donors (Lipinski definition) is 2. The minimum atomic E-state index is -4.25. The van der Waals surface area contributed by atoms with Crippen molar-refractivity contribution < 1.29 is 17.8 Å². The molecule has 0 unspecified atom stereocenters. The van der Waals surface area contributed by atoms with Crippen molar-refractivity contribution in [1.82, 2.24) is 0 Å². The molecule has 0 heterocycles. The molecular formula is C18H22N4O4S. The predicted molar refractivity (Wildman–Crippen MR) is 105 cm³/mol. The fraction of sp³-hybridized carbons (Fsp3) is 0.278. The molecule has 0 radical (unpaired) electrons. The predicted octanol–water partition coefficient (Wildman–Crippen LogP) is 4.15. The summed E-state index contributed by atoms with van der Waals surface area (Å²) in [7, 11) is -0.462. The van der Waals surface area contributed by atoms with Crippen molar-refractivity contribution in [2.75, 3.05) is 24.3 Å². The van der Waals surface area contributed by atoms with E-state index in [9.17, 15) is 13.2 Å². The molecule has 2 rings (SSSR count). The molecule has 0 aromatic heterocycles. The standard InChI is InChI=1S/C18H22N4O4S/c1-4-5-18(23)19-17-12-14(22(2)3)8-11-16(17)21-20-13-6-9-15(10-7-13)27(24,25)26/h6-12H,4-5H2,1-3H3,(H,19,23)(H,24,25,26)/b21-20+. The third kappa shape index (κ3) is 5.87. The summed E-state index contributed by atoms with van der Waals surface area (Å²) in [5, 5.41) is 11.1. The quantitative estimate of drug-likeness (QED) is 0.545. The van der Waals surface area contributed by atoms with Gasteiger partial charge in [-0.1, -0.05) is 6.92 Å². The normalized spacial score (nSPS) is 11.6. The van der Waals surface area contributed by atoms with E-state index in [1.807, 2.05) is 38.1 Å². The number of carbonyl (C=O) groups is 1. The van der Waals surface area contributed by atoms with Crippen LogP contribution in [0.3, 0.4) is 0 Å². The van der Waals surface area contributed by atoms with Gasteiger partial charge in [0, 0.05) is 26.2 Å². The van der Waals surface area contributed by atoms with Gasteiger partial charge in [-0.05, 0) is 48.9 Å². The average Bonchev–Trinajstić information content (AvgIpc) is 2.60. The lowest BCUT2D eigenvalue weighted by molar-refractivity contribution is -0.116. The highest BCUT2D eigenvalue weighted by Crippen LogP contribution is 2.31. The number of carbonyl (C=O) groups excluding carboxylic acids is 1. The van der Waals surface area contributed by atoms with Gasteiger partial charge < -0.3 is 10.2 Å². The Labute approximate surface area is 158 Å². The molecule has 0 saturated heterocycles. The highest BCUT2D eigenvalue weighted by atomic mass is 32.2. The Morgan fingerprint density at radius 1 is 1.11 bits per heavy atom. The molecule has 0 aliphatic rings. The number of rotatable bonds is 7. The number of nitrogens with one attached hydrogen (secondary N) is 1. The van der Waals surface area contributed by atoms with Crippen molar-refractivity contribution in [3.05, 3.63) is 42.5 Å². The number of benzene rings is 2. The molecule has 0 aliphatic heterocycles. The van der Waals surface area contributed by atoms with Crippen LogP contribution in [0.2, 0.25) is 0 Å². The molecule has 27 heavy (non-hydrogen) atoms. The van der Waals surface area contributed by atoms with Crippen LogP contribution in [-0.4, -0.2) is 33.0 Å². The van der Waals surface area contributed by atoms with E-state index in [0.717, 1.165) is 12.1 Å². The third-order valence-electron chi connectivity index (χ3n) is 3.66. The van der Waals surface area contributed by atoms with Crippen LogP contribution in [0.4, 0.5) is 22.7 Å². The molecule has 2 N–H and O–H groups in total. The van der Waals surface area contributed by atoms with E-state index in [4.69, 9.17) is 4.55 Å². The van der Waals surface area contributed by atoms with Crippen LogP contribution in [0, 0.1) is 0 Å². The second kappa shape index (κ2) is 8.74. The third-order valence-corrected chi connectivity index (χ3v) is 4.52. The second-order valence-electron chi connectivity index (χ2n) is 6.06. The first-order valence-electron chi connectivity index (χ1n) is 8.31. The van der Waals surface area contributed by atoms with Gasteiger partial charge in [-0.3, -0.25) is 9.35 Å². The Bertz CT molecular complexity index is 938. The van der Waals surface area contributed by atoms with E-state index in [-0.39, 0.29) is 10.8 Å². The van der Waals surface area contributed by atoms with Crippen LogP contribution in [0.25, 0.3) is 0 Å². The van der Waals surface area contributed by atoms with Crippen molar-refractivity contribution in [3.63, 3.8) is 0 Å². The highest BCUT2D eigenvalue weighted by molar-refractivity contribution is 7.85. The van der Waals surface area contributed by atoms with Crippen molar-refractivity contribution in [2.45, 2.75) is 24.7 Å². The molecule has 0 aliphatic carbocycles. The monoisotopic (exact) mass is 390 g/mol. The largest absolute Gasteiger partial charge is 0.378 e. The van der Waals surface area contributed by atoms with E-state index in [1.165, 1.54) is 24.3 Å². The van der Waals surface area contributed by atoms with E-state index < -0.39 is 10.1 Å². The van der Waals surface area contributed by atoms with Gasteiger partial charge in [-0.2, -0.15) is 13.5 Å². The van der Waals surface area contributed by atoms with Gasteiger partial charge in [0.2, 0.25) is 5.91 Å². The first kappa shape index (κ1) is 20.5. The Hall–Kier alpha value is -2.78. The summed E-state index contributed by atoms with van der Waals surface area (Å²) >= 11 is 0. The summed E-state index contributed by atoms with van der Waals surface area (Å²) in [5.41, 5.74) is 2.32. The molecule has 1 amide bonds. The van der Waals surface area contributed by atoms with Crippen molar-refractivity contribution in [2.24, 2.45) is 10.2 Å². The average molecular weight is 390 g/mol. The molecule has 2 aromatic carbocycles. The number of hydrogen-bond acceptors (Lipinski definition) is 6. The highest BCUT2D eigenvalue weighted by Gasteiger charge is 2.10. The Balaban J connectivity index is 2.30. The maximum Gasteiger partial charge on any atom is 0.294 e. The minimum Gasteiger partial charge on any atom is -0.378 e. The molecule has 0 spiro atoms. The van der Waals surface area contributed by atoms with Gasteiger partial charge in [-0.25, -0.2) is 0 Å². The van der Waals surface area contributed by atoms with E-state index >= 15 is 0 Å². The fourth-order valence-corrected chi connectivity index (χ4v) is 2.71. The van der Waals surface area contributed by atoms with Gasteiger partial charge in [0.25, 0.3) is 10.1 Å². The number of azo groups is 1. The second-order valence-corrected chi connectivity index (χ2v) is 7.48. The molecule has 144 valence electrons. The zero-order valence-electron chi connectivity index (χ0n) is 15.4. The SMILES string of the molecule is CCCC(=O)Nc1cc(N(C)C)ccc1/N=N/c1ccc(S(=O)(=O)O)cc1. The summed E-state index contributed by atoms with van der Waals surface area (Å²) in [4.78, 5) is 13.7. The van der Waals surface area contributed by atoms with Gasteiger partial charge in [0.15, 0.2) is 0 Å². The molecule has 0 bridgehead atoms. The summed E-state index contributed by atoms with van der Waals surface area (Å²) < 4.78 is 31.1. The van der Waals surface area contributed by atoms with Crippen LogP contribution in [0.5, 0.6) is 0 Å². The molecule has 8 nitrogen and oxygen atoms in total. The van der Waals surface area contributed by atoms with Crippen LogP contribution < -0.4 is 10.2 Å². The topological polar surface area (TPSA) is 111 Å². The maximum atomic E-state index is 12.0. The van der Waals surface area contributed by atoms with Crippen LogP contribution in [-0.2, 0) is 14.9 Å². The summed E-state index contributed by atoms with van der Waals surface area (Å²) in [6.07, 6.45) is 1.13. The lowest BCUT2D eigenvalue weighted by Crippen LogP contribution is -2.13. The number of amides is 1. The van der Waals surface area contributed by atoms with E-state index in [2.05, 4.69) is 15.5 Å². The van der Waals surface area contributed by atoms with Crippen molar-refractivity contribution in [1.29, 1.82) is 0 Å². The Morgan fingerprint density at radius 2 is 1.78 bits per heavy atom. The lowest BCUT2D eigenvalue weighted by atomic mass is 10.2. The Morgan fingerprint density at radius 3 is 2.33 bits per heavy atom. The lowest BCUT2D eigenvalue weighted by Gasteiger charge is -2.15. The number of anilines is 2.